The largest absolute Gasteiger partial charge is 0.335 e. The van der Waals surface area contributed by atoms with Gasteiger partial charge in [-0.3, -0.25) is 4.79 Å². The van der Waals surface area contributed by atoms with Crippen LogP contribution in [-0.4, -0.2) is 53.8 Å². The van der Waals surface area contributed by atoms with E-state index in [1.807, 2.05) is 4.90 Å². The van der Waals surface area contributed by atoms with E-state index in [0.29, 0.717) is 17.4 Å². The molecule has 0 radical (unpaired) electrons. The smallest absolute Gasteiger partial charge is 0.233 e. The summed E-state index contributed by atoms with van der Waals surface area (Å²) in [4.78, 5) is 14.5. The molecular formula is C14H25NO3S2. The van der Waals surface area contributed by atoms with Crippen molar-refractivity contribution < 1.29 is 13.2 Å². The van der Waals surface area contributed by atoms with Crippen LogP contribution >= 0.6 is 11.8 Å². The third-order valence-corrected chi connectivity index (χ3v) is 6.98. The molecule has 116 valence electrons. The SMILES string of the molecule is CC(C)SCC(=O)N(C1CCCC1)C1CCS(=O)(=O)C1. The maximum atomic E-state index is 12.5. The van der Waals surface area contributed by atoms with Crippen molar-refractivity contribution in [2.75, 3.05) is 17.3 Å². The van der Waals surface area contributed by atoms with Gasteiger partial charge in [0.05, 0.1) is 17.3 Å². The highest BCUT2D eigenvalue weighted by atomic mass is 32.2. The number of sulfone groups is 1. The molecule has 1 aliphatic carbocycles. The molecule has 2 rings (SSSR count). The van der Waals surface area contributed by atoms with Crippen LogP contribution in [0.1, 0.15) is 46.0 Å². The lowest BCUT2D eigenvalue weighted by Crippen LogP contribution is -2.47. The number of carbonyl (C=O) groups is 1. The fraction of sp³-hybridized carbons (Fsp3) is 0.929. The second kappa shape index (κ2) is 6.69. The van der Waals surface area contributed by atoms with Gasteiger partial charge in [0.15, 0.2) is 9.84 Å². The Morgan fingerprint density at radius 3 is 2.35 bits per heavy atom. The van der Waals surface area contributed by atoms with Gasteiger partial charge in [-0.1, -0.05) is 26.7 Å². The minimum Gasteiger partial charge on any atom is -0.335 e. The number of amides is 1. The standard InChI is InChI=1S/C14H25NO3S2/c1-11(2)19-9-14(16)15(12-5-3-4-6-12)13-7-8-20(17,18)10-13/h11-13H,3-10H2,1-2H3. The number of carbonyl (C=O) groups excluding carboxylic acids is 1. The molecule has 2 aliphatic rings. The van der Waals surface area contributed by atoms with E-state index in [4.69, 9.17) is 0 Å². The first-order valence-electron chi connectivity index (χ1n) is 7.52. The first-order valence-corrected chi connectivity index (χ1v) is 10.4. The van der Waals surface area contributed by atoms with Gasteiger partial charge in [-0.25, -0.2) is 8.42 Å². The van der Waals surface area contributed by atoms with E-state index in [1.54, 1.807) is 11.8 Å². The van der Waals surface area contributed by atoms with Crippen LogP contribution in [0.5, 0.6) is 0 Å². The van der Waals surface area contributed by atoms with E-state index in [9.17, 15) is 13.2 Å². The molecule has 1 atom stereocenters. The maximum Gasteiger partial charge on any atom is 0.233 e. The van der Waals surface area contributed by atoms with Crippen molar-refractivity contribution in [1.82, 2.24) is 4.90 Å². The van der Waals surface area contributed by atoms with E-state index >= 15 is 0 Å². The molecule has 1 heterocycles. The Labute approximate surface area is 126 Å². The molecule has 0 aromatic heterocycles. The zero-order valence-electron chi connectivity index (χ0n) is 12.4. The molecular weight excluding hydrogens is 294 g/mol. The van der Waals surface area contributed by atoms with E-state index < -0.39 is 9.84 Å². The Morgan fingerprint density at radius 2 is 1.85 bits per heavy atom. The van der Waals surface area contributed by atoms with Crippen molar-refractivity contribution in [2.24, 2.45) is 0 Å². The third-order valence-electron chi connectivity index (χ3n) is 4.15. The maximum absolute atomic E-state index is 12.5. The summed E-state index contributed by atoms with van der Waals surface area (Å²) >= 11 is 1.64. The molecule has 20 heavy (non-hydrogen) atoms. The van der Waals surface area contributed by atoms with Crippen LogP contribution in [0.25, 0.3) is 0 Å². The summed E-state index contributed by atoms with van der Waals surface area (Å²) in [7, 11) is -2.94. The Kier molecular flexibility index (Phi) is 5.40. The lowest BCUT2D eigenvalue weighted by molar-refractivity contribution is -0.132. The van der Waals surface area contributed by atoms with E-state index in [0.717, 1.165) is 25.7 Å². The summed E-state index contributed by atoms with van der Waals surface area (Å²) in [5, 5.41) is 0.427. The van der Waals surface area contributed by atoms with Gasteiger partial charge in [-0.05, 0) is 24.5 Å². The fourth-order valence-electron chi connectivity index (χ4n) is 3.20. The molecule has 1 amide bonds. The number of nitrogens with zero attached hydrogens (tertiary/aromatic N) is 1. The predicted octanol–water partition coefficient (Wildman–Crippen LogP) is 2.09. The van der Waals surface area contributed by atoms with Gasteiger partial charge < -0.3 is 4.90 Å². The average Bonchev–Trinajstić information content (AvgIpc) is 2.97. The Hall–Kier alpha value is -0.230. The van der Waals surface area contributed by atoms with Crippen molar-refractivity contribution in [2.45, 2.75) is 63.3 Å². The first-order chi connectivity index (χ1) is 9.39. The molecule has 6 heteroatoms. The monoisotopic (exact) mass is 319 g/mol. The Morgan fingerprint density at radius 1 is 1.20 bits per heavy atom. The molecule has 0 bridgehead atoms. The van der Waals surface area contributed by atoms with Crippen LogP contribution in [0.15, 0.2) is 0 Å². The van der Waals surface area contributed by atoms with Crippen LogP contribution in [-0.2, 0) is 14.6 Å². The summed E-state index contributed by atoms with van der Waals surface area (Å²) in [6, 6.07) is 0.192. The topological polar surface area (TPSA) is 54.5 Å². The fourth-order valence-corrected chi connectivity index (χ4v) is 5.53. The minimum atomic E-state index is -2.94. The highest BCUT2D eigenvalue weighted by molar-refractivity contribution is 8.00. The van der Waals surface area contributed by atoms with Crippen molar-refractivity contribution in [3.05, 3.63) is 0 Å². The molecule has 0 N–H and O–H groups in total. The van der Waals surface area contributed by atoms with Gasteiger partial charge in [0.25, 0.3) is 0 Å². The summed E-state index contributed by atoms with van der Waals surface area (Å²) in [6.07, 6.45) is 5.01. The zero-order valence-corrected chi connectivity index (χ0v) is 14.0. The Bertz CT molecular complexity index is 441. The van der Waals surface area contributed by atoms with Gasteiger partial charge >= 0.3 is 0 Å². The van der Waals surface area contributed by atoms with E-state index in [-0.39, 0.29) is 29.5 Å². The molecule has 0 aromatic carbocycles. The summed E-state index contributed by atoms with van der Waals surface area (Å²) in [5.41, 5.74) is 0. The number of hydrogen-bond donors (Lipinski definition) is 0. The first kappa shape index (κ1) is 16.1. The highest BCUT2D eigenvalue weighted by Crippen LogP contribution is 2.30. The second-order valence-electron chi connectivity index (χ2n) is 6.16. The summed E-state index contributed by atoms with van der Waals surface area (Å²) in [5.74, 6) is 1.02. The van der Waals surface area contributed by atoms with E-state index in [1.165, 1.54) is 0 Å². The van der Waals surface area contributed by atoms with Crippen molar-refractivity contribution in [3.8, 4) is 0 Å². The molecule has 1 unspecified atom stereocenters. The lowest BCUT2D eigenvalue weighted by Gasteiger charge is -2.34. The predicted molar refractivity (Wildman–Crippen MR) is 83.8 cm³/mol. The van der Waals surface area contributed by atoms with Gasteiger partial charge in [0.2, 0.25) is 5.91 Å². The van der Waals surface area contributed by atoms with Gasteiger partial charge in [0, 0.05) is 12.1 Å². The zero-order chi connectivity index (χ0) is 14.8. The number of thioether (sulfide) groups is 1. The second-order valence-corrected chi connectivity index (χ2v) is 9.95. The molecule has 0 spiro atoms. The average molecular weight is 319 g/mol. The van der Waals surface area contributed by atoms with Crippen molar-refractivity contribution in [3.63, 3.8) is 0 Å². The lowest BCUT2D eigenvalue weighted by atomic mass is 10.1. The Balaban J connectivity index is 2.06. The van der Waals surface area contributed by atoms with Gasteiger partial charge in [0.1, 0.15) is 0 Å². The number of hydrogen-bond acceptors (Lipinski definition) is 4. The molecule has 1 saturated carbocycles. The number of rotatable bonds is 5. The minimum absolute atomic E-state index is 0.0802. The van der Waals surface area contributed by atoms with Crippen LogP contribution in [0, 0.1) is 0 Å². The van der Waals surface area contributed by atoms with Crippen LogP contribution < -0.4 is 0 Å². The summed E-state index contributed by atoms with van der Waals surface area (Å²) in [6.45, 7) is 4.16. The summed E-state index contributed by atoms with van der Waals surface area (Å²) < 4.78 is 23.4. The molecule has 1 aliphatic heterocycles. The third kappa shape index (κ3) is 4.13. The molecule has 0 aromatic rings. The molecule has 1 saturated heterocycles. The normalized spacial score (nSPS) is 26.2. The highest BCUT2D eigenvalue weighted by Gasteiger charge is 2.38. The van der Waals surface area contributed by atoms with Crippen LogP contribution in [0.2, 0.25) is 0 Å². The molecule has 4 nitrogen and oxygen atoms in total. The van der Waals surface area contributed by atoms with Crippen LogP contribution in [0.4, 0.5) is 0 Å². The van der Waals surface area contributed by atoms with E-state index in [2.05, 4.69) is 13.8 Å². The molecule has 2 fully saturated rings. The quantitative estimate of drug-likeness (QED) is 0.778. The van der Waals surface area contributed by atoms with Crippen LogP contribution in [0.3, 0.4) is 0 Å². The van der Waals surface area contributed by atoms with Crippen molar-refractivity contribution in [1.29, 1.82) is 0 Å². The van der Waals surface area contributed by atoms with Gasteiger partial charge in [-0.15, -0.1) is 11.8 Å². The van der Waals surface area contributed by atoms with Gasteiger partial charge in [-0.2, -0.15) is 0 Å². The van der Waals surface area contributed by atoms with Crippen molar-refractivity contribution >= 4 is 27.5 Å².